The van der Waals surface area contributed by atoms with E-state index in [4.69, 9.17) is 4.55 Å². The molecule has 17 heavy (non-hydrogen) atoms. The van der Waals surface area contributed by atoms with Gasteiger partial charge in [-0.2, -0.15) is 0 Å². The summed E-state index contributed by atoms with van der Waals surface area (Å²) in [7, 11) is 0. The number of benzene rings is 1. The normalized spacial score (nSPS) is 12.6. The second-order valence-corrected chi connectivity index (χ2v) is 5.38. The van der Waals surface area contributed by atoms with Crippen molar-refractivity contribution in [2.75, 3.05) is 0 Å². The Hall–Kier alpha value is -0.670. The van der Waals surface area contributed by atoms with E-state index in [1.54, 1.807) is 12.1 Å². The van der Waals surface area contributed by atoms with Crippen LogP contribution in [0.4, 0.5) is 0 Å². The van der Waals surface area contributed by atoms with Gasteiger partial charge < -0.3 is 4.55 Å². The Morgan fingerprint density at radius 3 is 2.18 bits per heavy atom. The number of hydrogen-bond acceptors (Lipinski definition) is 1. The van der Waals surface area contributed by atoms with E-state index in [1.807, 2.05) is 12.1 Å². The SMILES string of the molecule is CCCCCCCCc1ccc(S(=O)O)cc1. The van der Waals surface area contributed by atoms with Gasteiger partial charge in [0.1, 0.15) is 0 Å². The Morgan fingerprint density at radius 1 is 1.00 bits per heavy atom. The molecule has 1 aromatic carbocycles. The zero-order valence-electron chi connectivity index (χ0n) is 10.5. The van der Waals surface area contributed by atoms with Gasteiger partial charge in [-0.15, -0.1) is 0 Å². The fourth-order valence-electron chi connectivity index (χ4n) is 1.88. The van der Waals surface area contributed by atoms with Gasteiger partial charge in [-0.1, -0.05) is 51.2 Å². The second-order valence-electron chi connectivity index (χ2n) is 4.41. The molecule has 0 spiro atoms. The van der Waals surface area contributed by atoms with Crippen molar-refractivity contribution in [1.29, 1.82) is 0 Å². The van der Waals surface area contributed by atoms with E-state index >= 15 is 0 Å². The van der Waals surface area contributed by atoms with Crippen LogP contribution >= 0.6 is 0 Å². The monoisotopic (exact) mass is 254 g/mol. The van der Waals surface area contributed by atoms with E-state index in [0.29, 0.717) is 4.90 Å². The Bertz CT molecular complexity index is 333. The van der Waals surface area contributed by atoms with E-state index in [1.165, 1.54) is 44.1 Å². The highest BCUT2D eigenvalue weighted by atomic mass is 32.2. The lowest BCUT2D eigenvalue weighted by atomic mass is 10.1. The minimum atomic E-state index is -1.85. The largest absolute Gasteiger partial charge is 0.302 e. The predicted molar refractivity (Wildman–Crippen MR) is 72.6 cm³/mol. The molecule has 0 heterocycles. The van der Waals surface area contributed by atoms with Gasteiger partial charge in [-0.3, -0.25) is 0 Å². The summed E-state index contributed by atoms with van der Waals surface area (Å²) >= 11 is -1.85. The quantitative estimate of drug-likeness (QED) is 0.558. The molecule has 0 radical (unpaired) electrons. The van der Waals surface area contributed by atoms with Crippen LogP contribution in [0, 0.1) is 0 Å². The molecule has 0 fully saturated rings. The third-order valence-electron chi connectivity index (χ3n) is 2.94. The van der Waals surface area contributed by atoms with Gasteiger partial charge in [0.05, 0.1) is 4.90 Å². The Morgan fingerprint density at radius 2 is 1.59 bits per heavy atom. The van der Waals surface area contributed by atoms with Gasteiger partial charge >= 0.3 is 0 Å². The summed E-state index contributed by atoms with van der Waals surface area (Å²) in [5, 5.41) is 0. The first-order valence-electron chi connectivity index (χ1n) is 6.44. The van der Waals surface area contributed by atoms with Crippen LogP contribution in [0.1, 0.15) is 51.0 Å². The van der Waals surface area contributed by atoms with Gasteiger partial charge in [-0.25, -0.2) is 4.21 Å². The van der Waals surface area contributed by atoms with Crippen LogP contribution in [0.25, 0.3) is 0 Å². The zero-order valence-corrected chi connectivity index (χ0v) is 11.3. The van der Waals surface area contributed by atoms with Crippen LogP contribution in [0.15, 0.2) is 29.2 Å². The highest BCUT2D eigenvalue weighted by Crippen LogP contribution is 2.12. The van der Waals surface area contributed by atoms with Crippen molar-refractivity contribution in [2.45, 2.75) is 56.8 Å². The summed E-state index contributed by atoms with van der Waals surface area (Å²) in [5.41, 5.74) is 1.26. The maximum atomic E-state index is 10.8. The molecule has 0 saturated carbocycles. The van der Waals surface area contributed by atoms with Crippen molar-refractivity contribution in [2.24, 2.45) is 0 Å². The van der Waals surface area contributed by atoms with Crippen LogP contribution in [0.2, 0.25) is 0 Å². The topological polar surface area (TPSA) is 37.3 Å². The van der Waals surface area contributed by atoms with E-state index in [0.717, 1.165) is 6.42 Å². The van der Waals surface area contributed by atoms with E-state index in [9.17, 15) is 4.21 Å². The second kappa shape index (κ2) is 8.43. The van der Waals surface area contributed by atoms with Gasteiger partial charge in [-0.05, 0) is 30.5 Å². The predicted octanol–water partition coefficient (Wildman–Crippen LogP) is 4.17. The molecule has 3 heteroatoms. The molecule has 2 nitrogen and oxygen atoms in total. The molecule has 1 atom stereocenters. The van der Waals surface area contributed by atoms with Gasteiger partial charge in [0, 0.05) is 0 Å². The van der Waals surface area contributed by atoms with Crippen molar-refractivity contribution in [3.63, 3.8) is 0 Å². The van der Waals surface area contributed by atoms with Crippen molar-refractivity contribution in [1.82, 2.24) is 0 Å². The maximum Gasteiger partial charge on any atom is 0.186 e. The third kappa shape index (κ3) is 5.99. The lowest BCUT2D eigenvalue weighted by molar-refractivity contribution is 0.564. The highest BCUT2D eigenvalue weighted by molar-refractivity contribution is 7.79. The van der Waals surface area contributed by atoms with E-state index in [2.05, 4.69) is 6.92 Å². The van der Waals surface area contributed by atoms with Crippen LogP contribution < -0.4 is 0 Å². The minimum Gasteiger partial charge on any atom is -0.302 e. The summed E-state index contributed by atoms with van der Waals surface area (Å²) in [6.45, 7) is 2.23. The van der Waals surface area contributed by atoms with Crippen molar-refractivity contribution >= 4 is 11.1 Å². The molecule has 0 bridgehead atoms. The van der Waals surface area contributed by atoms with Crippen molar-refractivity contribution in [3.8, 4) is 0 Å². The Labute approximate surface area is 107 Å². The lowest BCUT2D eigenvalue weighted by Crippen LogP contribution is -1.90. The molecule has 1 aromatic rings. The molecule has 0 aliphatic rings. The first-order chi connectivity index (χ1) is 8.24. The van der Waals surface area contributed by atoms with Gasteiger partial charge in [0.2, 0.25) is 0 Å². The van der Waals surface area contributed by atoms with Crippen LogP contribution in [-0.2, 0) is 17.5 Å². The number of unbranched alkanes of at least 4 members (excludes halogenated alkanes) is 5. The minimum absolute atomic E-state index is 0.483. The summed E-state index contributed by atoms with van der Waals surface area (Å²) in [6.07, 6.45) is 8.88. The van der Waals surface area contributed by atoms with Crippen LogP contribution in [0.3, 0.4) is 0 Å². The summed E-state index contributed by atoms with van der Waals surface area (Å²) in [4.78, 5) is 0.483. The molecule has 0 amide bonds. The number of hydrogen-bond donors (Lipinski definition) is 1. The molecule has 1 N–H and O–H groups in total. The highest BCUT2D eigenvalue weighted by Gasteiger charge is 1.99. The first kappa shape index (κ1) is 14.4. The summed E-state index contributed by atoms with van der Waals surface area (Å²) in [6, 6.07) is 7.38. The lowest BCUT2D eigenvalue weighted by Gasteiger charge is -2.02. The van der Waals surface area contributed by atoms with Crippen LogP contribution in [-0.4, -0.2) is 8.76 Å². The van der Waals surface area contributed by atoms with E-state index < -0.39 is 11.1 Å². The molecule has 0 aliphatic heterocycles. The van der Waals surface area contributed by atoms with Crippen LogP contribution in [0.5, 0.6) is 0 Å². The standard InChI is InChI=1S/C14H22O2S/c1-2-3-4-5-6-7-8-13-9-11-14(12-10-13)17(15)16/h9-12H,2-8H2,1H3,(H,15,16). The molecule has 0 aromatic heterocycles. The molecule has 0 saturated heterocycles. The first-order valence-corrected chi connectivity index (χ1v) is 7.54. The Kier molecular flexibility index (Phi) is 7.13. The van der Waals surface area contributed by atoms with Crippen molar-refractivity contribution < 1.29 is 8.76 Å². The molecule has 0 aliphatic carbocycles. The molecule has 1 rings (SSSR count). The fourth-order valence-corrected chi connectivity index (χ4v) is 2.25. The summed E-state index contributed by atoms with van der Waals surface area (Å²) in [5.74, 6) is 0. The molecule has 1 unspecified atom stereocenters. The van der Waals surface area contributed by atoms with Gasteiger partial charge in [0.25, 0.3) is 0 Å². The maximum absolute atomic E-state index is 10.8. The smallest absolute Gasteiger partial charge is 0.186 e. The molecular formula is C14H22O2S. The fraction of sp³-hybridized carbons (Fsp3) is 0.571. The third-order valence-corrected chi connectivity index (χ3v) is 3.62. The van der Waals surface area contributed by atoms with E-state index in [-0.39, 0.29) is 0 Å². The van der Waals surface area contributed by atoms with Gasteiger partial charge in [0.15, 0.2) is 11.1 Å². The van der Waals surface area contributed by atoms with Crippen molar-refractivity contribution in [3.05, 3.63) is 29.8 Å². The molecule has 96 valence electrons. The number of aryl methyl sites for hydroxylation is 1. The number of rotatable bonds is 8. The zero-order chi connectivity index (χ0) is 12.5. The summed E-state index contributed by atoms with van der Waals surface area (Å²) < 4.78 is 19.7. The average Bonchev–Trinajstić information content (AvgIpc) is 2.34. The average molecular weight is 254 g/mol. The molecular weight excluding hydrogens is 232 g/mol. The Balaban J connectivity index is 2.21.